The van der Waals surface area contributed by atoms with Gasteiger partial charge in [0.2, 0.25) is 0 Å². The molecule has 0 aliphatic carbocycles. The van der Waals surface area contributed by atoms with E-state index >= 15 is 0 Å². The van der Waals surface area contributed by atoms with E-state index in [1.165, 1.54) is 0 Å². The molecule has 1 aliphatic heterocycles. The monoisotopic (exact) mass is 349 g/mol. The maximum atomic E-state index is 12.8. The van der Waals surface area contributed by atoms with Gasteiger partial charge in [0.1, 0.15) is 11.6 Å². The number of carbonyl (C=O) groups is 1. The molecule has 1 saturated heterocycles. The van der Waals surface area contributed by atoms with Crippen LogP contribution in [0.4, 0.5) is 0 Å². The molecule has 2 aromatic carbocycles. The van der Waals surface area contributed by atoms with Crippen LogP contribution < -0.4 is 4.74 Å². The van der Waals surface area contributed by atoms with Gasteiger partial charge in [0.25, 0.3) is 5.91 Å². The van der Waals surface area contributed by atoms with E-state index in [-0.39, 0.29) is 11.9 Å². The van der Waals surface area contributed by atoms with Crippen LogP contribution in [0.2, 0.25) is 0 Å². The molecule has 5 nitrogen and oxygen atoms in total. The number of rotatable bonds is 4. The van der Waals surface area contributed by atoms with Crippen LogP contribution in [-0.4, -0.2) is 40.1 Å². The van der Waals surface area contributed by atoms with Gasteiger partial charge in [-0.1, -0.05) is 12.1 Å². The first-order valence-electron chi connectivity index (χ1n) is 9.13. The number of para-hydroxylation sites is 2. The molecule has 0 saturated carbocycles. The second kappa shape index (κ2) is 6.83. The second-order valence-electron chi connectivity index (χ2n) is 6.67. The Kier molecular flexibility index (Phi) is 4.37. The number of likely N-dealkylation sites (tertiary alicyclic amines) is 1. The number of imidazole rings is 1. The fourth-order valence-electron chi connectivity index (χ4n) is 3.81. The van der Waals surface area contributed by atoms with Crippen LogP contribution in [0.15, 0.2) is 48.5 Å². The molecule has 1 amide bonds. The zero-order valence-corrected chi connectivity index (χ0v) is 15.2. The minimum Gasteiger partial charge on any atom is -0.494 e. The van der Waals surface area contributed by atoms with Crippen molar-refractivity contribution in [2.75, 3.05) is 19.7 Å². The first-order chi connectivity index (χ1) is 12.7. The highest BCUT2D eigenvalue weighted by Crippen LogP contribution is 2.29. The molecular weight excluding hydrogens is 326 g/mol. The van der Waals surface area contributed by atoms with Crippen LogP contribution in [0.1, 0.15) is 35.6 Å². The molecule has 3 aromatic rings. The molecule has 0 N–H and O–H groups in total. The molecule has 1 fully saturated rings. The molecule has 0 unspecified atom stereocenters. The maximum absolute atomic E-state index is 12.8. The summed E-state index contributed by atoms with van der Waals surface area (Å²) in [5.41, 5.74) is 2.87. The van der Waals surface area contributed by atoms with Gasteiger partial charge in [0, 0.05) is 18.7 Å². The number of ether oxygens (including phenoxy) is 1. The number of fused-ring (bicyclic) bond motifs is 1. The third-order valence-corrected chi connectivity index (χ3v) is 5.00. The molecule has 134 valence electrons. The number of aryl methyl sites for hydroxylation is 1. The minimum absolute atomic E-state index is 0.0811. The molecule has 2 heterocycles. The number of hydrogen-bond acceptors (Lipinski definition) is 3. The van der Waals surface area contributed by atoms with Crippen LogP contribution in [-0.2, 0) is 0 Å². The molecule has 0 radical (unpaired) electrons. The van der Waals surface area contributed by atoms with Crippen molar-refractivity contribution in [3.63, 3.8) is 0 Å². The van der Waals surface area contributed by atoms with Gasteiger partial charge in [-0.05, 0) is 56.7 Å². The summed E-state index contributed by atoms with van der Waals surface area (Å²) in [4.78, 5) is 19.4. The van der Waals surface area contributed by atoms with Crippen molar-refractivity contribution in [2.24, 2.45) is 0 Å². The fourth-order valence-corrected chi connectivity index (χ4v) is 3.81. The van der Waals surface area contributed by atoms with Crippen LogP contribution in [0, 0.1) is 6.92 Å². The summed E-state index contributed by atoms with van der Waals surface area (Å²) >= 11 is 0. The Labute approximate surface area is 153 Å². The lowest BCUT2D eigenvalue weighted by Crippen LogP contribution is -2.29. The highest BCUT2D eigenvalue weighted by atomic mass is 16.5. The average molecular weight is 349 g/mol. The Morgan fingerprint density at radius 3 is 2.73 bits per heavy atom. The summed E-state index contributed by atoms with van der Waals surface area (Å²) < 4.78 is 7.73. The smallest absolute Gasteiger partial charge is 0.253 e. The van der Waals surface area contributed by atoms with Crippen molar-refractivity contribution < 1.29 is 9.53 Å². The summed E-state index contributed by atoms with van der Waals surface area (Å²) in [6.45, 7) is 6.09. The Bertz CT molecular complexity index is 930. The van der Waals surface area contributed by atoms with Gasteiger partial charge in [-0.15, -0.1) is 0 Å². The van der Waals surface area contributed by atoms with E-state index in [4.69, 9.17) is 4.74 Å². The van der Waals surface area contributed by atoms with Crippen molar-refractivity contribution in [3.8, 4) is 5.75 Å². The van der Waals surface area contributed by atoms with Crippen LogP contribution in [0.3, 0.4) is 0 Å². The third-order valence-electron chi connectivity index (χ3n) is 5.00. The van der Waals surface area contributed by atoms with Crippen molar-refractivity contribution in [2.45, 2.75) is 26.3 Å². The van der Waals surface area contributed by atoms with Gasteiger partial charge in [-0.25, -0.2) is 4.98 Å². The minimum atomic E-state index is 0.0811. The molecule has 1 atom stereocenters. The molecule has 4 rings (SSSR count). The molecule has 5 heteroatoms. The van der Waals surface area contributed by atoms with Gasteiger partial charge in [0.15, 0.2) is 0 Å². The highest BCUT2D eigenvalue weighted by Gasteiger charge is 2.29. The third kappa shape index (κ3) is 2.94. The van der Waals surface area contributed by atoms with E-state index in [0.29, 0.717) is 18.7 Å². The predicted molar refractivity (Wildman–Crippen MR) is 102 cm³/mol. The largest absolute Gasteiger partial charge is 0.494 e. The van der Waals surface area contributed by atoms with E-state index in [9.17, 15) is 4.79 Å². The maximum Gasteiger partial charge on any atom is 0.253 e. The Morgan fingerprint density at radius 2 is 1.96 bits per heavy atom. The van der Waals surface area contributed by atoms with E-state index in [1.54, 1.807) is 0 Å². The van der Waals surface area contributed by atoms with E-state index < -0.39 is 0 Å². The normalized spacial score (nSPS) is 17.0. The number of amides is 1. The van der Waals surface area contributed by atoms with Gasteiger partial charge in [-0.3, -0.25) is 4.79 Å². The summed E-state index contributed by atoms with van der Waals surface area (Å²) in [6, 6.07) is 15.9. The summed E-state index contributed by atoms with van der Waals surface area (Å²) in [7, 11) is 0. The van der Waals surface area contributed by atoms with Crippen molar-refractivity contribution >= 4 is 16.9 Å². The molecular formula is C21H23N3O2. The van der Waals surface area contributed by atoms with Gasteiger partial charge >= 0.3 is 0 Å². The lowest BCUT2D eigenvalue weighted by molar-refractivity contribution is 0.0787. The zero-order chi connectivity index (χ0) is 18.1. The number of carbonyl (C=O) groups excluding carboxylic acids is 1. The molecule has 1 aliphatic rings. The van der Waals surface area contributed by atoms with E-state index in [2.05, 4.69) is 15.6 Å². The van der Waals surface area contributed by atoms with Crippen molar-refractivity contribution in [1.29, 1.82) is 0 Å². The molecule has 0 spiro atoms. The molecule has 0 bridgehead atoms. The predicted octanol–water partition coefficient (Wildman–Crippen LogP) is 3.83. The fraction of sp³-hybridized carbons (Fsp3) is 0.333. The van der Waals surface area contributed by atoms with Crippen molar-refractivity contribution in [3.05, 3.63) is 59.9 Å². The Morgan fingerprint density at radius 1 is 1.19 bits per heavy atom. The number of nitrogens with zero attached hydrogens (tertiary/aromatic N) is 3. The van der Waals surface area contributed by atoms with Crippen LogP contribution in [0.5, 0.6) is 5.75 Å². The topological polar surface area (TPSA) is 47.4 Å². The van der Waals surface area contributed by atoms with Crippen LogP contribution in [0.25, 0.3) is 11.0 Å². The molecule has 26 heavy (non-hydrogen) atoms. The SMILES string of the molecule is CCOc1ccc(C(=O)N2CC[C@H](n3c(C)nc4ccccc43)C2)cc1. The van der Waals surface area contributed by atoms with Gasteiger partial charge in [0.05, 0.1) is 23.7 Å². The Hall–Kier alpha value is -2.82. The summed E-state index contributed by atoms with van der Waals surface area (Å²) in [5, 5.41) is 0. The van der Waals surface area contributed by atoms with E-state index in [1.807, 2.05) is 61.2 Å². The summed E-state index contributed by atoms with van der Waals surface area (Å²) in [5.74, 6) is 1.88. The quantitative estimate of drug-likeness (QED) is 0.719. The first-order valence-corrected chi connectivity index (χ1v) is 9.13. The average Bonchev–Trinajstić information content (AvgIpc) is 3.25. The van der Waals surface area contributed by atoms with Crippen LogP contribution >= 0.6 is 0 Å². The first kappa shape index (κ1) is 16.6. The lowest BCUT2D eigenvalue weighted by Gasteiger charge is -2.18. The summed E-state index contributed by atoms with van der Waals surface area (Å²) in [6.07, 6.45) is 0.948. The van der Waals surface area contributed by atoms with Crippen molar-refractivity contribution in [1.82, 2.24) is 14.5 Å². The number of benzene rings is 2. The highest BCUT2D eigenvalue weighted by molar-refractivity contribution is 5.94. The number of hydrogen-bond donors (Lipinski definition) is 0. The lowest BCUT2D eigenvalue weighted by atomic mass is 10.2. The van der Waals surface area contributed by atoms with Gasteiger partial charge in [-0.2, -0.15) is 0 Å². The zero-order valence-electron chi connectivity index (χ0n) is 15.2. The van der Waals surface area contributed by atoms with Gasteiger partial charge < -0.3 is 14.2 Å². The number of aromatic nitrogens is 2. The molecule has 1 aromatic heterocycles. The Balaban J connectivity index is 1.52. The second-order valence-corrected chi connectivity index (χ2v) is 6.67. The van der Waals surface area contributed by atoms with E-state index in [0.717, 1.165) is 35.6 Å². The standard InChI is InChI=1S/C21H23N3O2/c1-3-26-18-10-8-16(9-11-18)21(25)23-13-12-17(14-23)24-15(2)22-19-6-4-5-7-20(19)24/h4-11,17H,3,12-14H2,1-2H3/t17-/m0/s1.